The van der Waals surface area contributed by atoms with Crippen LogP contribution in [0.25, 0.3) is 0 Å². The van der Waals surface area contributed by atoms with E-state index in [0.29, 0.717) is 6.10 Å². The van der Waals surface area contributed by atoms with Crippen molar-refractivity contribution in [3.05, 3.63) is 12.2 Å². The van der Waals surface area contributed by atoms with Crippen LogP contribution in [-0.2, 0) is 4.74 Å². The number of methoxy groups -OCH3 is 1. The van der Waals surface area contributed by atoms with Crippen molar-refractivity contribution >= 4 is 0 Å². The lowest BCUT2D eigenvalue weighted by Crippen LogP contribution is -2.28. The van der Waals surface area contributed by atoms with Crippen LogP contribution in [0.5, 0.6) is 0 Å². The molecule has 2 aliphatic rings. The Kier molecular flexibility index (Phi) is 1.53. The number of hydrogen-bond donors (Lipinski definition) is 0. The fourth-order valence-corrected chi connectivity index (χ4v) is 2.28. The first kappa shape index (κ1) is 6.41. The van der Waals surface area contributed by atoms with Crippen molar-refractivity contribution in [2.45, 2.75) is 25.4 Å². The zero-order chi connectivity index (χ0) is 6.97. The van der Waals surface area contributed by atoms with Crippen LogP contribution >= 0.6 is 0 Å². The van der Waals surface area contributed by atoms with Crippen molar-refractivity contribution in [2.75, 3.05) is 7.11 Å². The molecule has 1 fully saturated rings. The van der Waals surface area contributed by atoms with E-state index in [2.05, 4.69) is 12.2 Å². The molecule has 0 aromatic rings. The lowest BCUT2D eigenvalue weighted by molar-refractivity contribution is 0.0240. The Morgan fingerprint density at radius 2 is 1.80 bits per heavy atom. The molecule has 0 radical (unpaired) electrons. The van der Waals surface area contributed by atoms with Crippen LogP contribution < -0.4 is 0 Å². The van der Waals surface area contributed by atoms with Crippen LogP contribution in [0.3, 0.4) is 0 Å². The summed E-state index contributed by atoms with van der Waals surface area (Å²) in [5.74, 6) is 1.48. The maximum Gasteiger partial charge on any atom is 0.0696 e. The molecule has 2 bridgehead atoms. The Hall–Kier alpha value is -0.300. The largest absolute Gasteiger partial charge is 0.380 e. The van der Waals surface area contributed by atoms with Gasteiger partial charge in [-0.15, -0.1) is 0 Å². The number of ether oxygens (including phenoxy) is 1. The predicted molar refractivity (Wildman–Crippen MR) is 40.8 cm³/mol. The SMILES string of the molecule is COC1C2C=CC1CCC2. The standard InChI is InChI=1S/C9H14O/c1-10-9-7-3-2-4-8(9)6-5-7/h5-9H,2-4H2,1H3. The molecule has 0 aliphatic heterocycles. The van der Waals surface area contributed by atoms with Gasteiger partial charge in [0.15, 0.2) is 0 Å². The summed E-state index contributed by atoms with van der Waals surface area (Å²) in [6.07, 6.45) is 9.27. The van der Waals surface area contributed by atoms with E-state index in [1.54, 1.807) is 0 Å². The smallest absolute Gasteiger partial charge is 0.0696 e. The van der Waals surface area contributed by atoms with Crippen LogP contribution in [0.4, 0.5) is 0 Å². The Balaban J connectivity index is 2.12. The monoisotopic (exact) mass is 138 g/mol. The molecule has 0 N–H and O–H groups in total. The number of rotatable bonds is 1. The van der Waals surface area contributed by atoms with Crippen molar-refractivity contribution in [1.82, 2.24) is 0 Å². The molecule has 0 spiro atoms. The lowest BCUT2D eigenvalue weighted by atomic mass is 9.85. The summed E-state index contributed by atoms with van der Waals surface area (Å²) < 4.78 is 5.42. The fourth-order valence-electron chi connectivity index (χ4n) is 2.28. The van der Waals surface area contributed by atoms with Crippen molar-refractivity contribution in [2.24, 2.45) is 11.8 Å². The molecule has 0 aromatic heterocycles. The minimum absolute atomic E-state index is 0.522. The van der Waals surface area contributed by atoms with E-state index in [9.17, 15) is 0 Å². The number of hydrogen-bond acceptors (Lipinski definition) is 1. The molecule has 10 heavy (non-hydrogen) atoms. The van der Waals surface area contributed by atoms with Gasteiger partial charge in [0, 0.05) is 18.9 Å². The Bertz CT molecular complexity index is 137. The average Bonchev–Trinajstić information content (AvgIpc) is 2.19. The first-order valence-corrected chi connectivity index (χ1v) is 4.13. The normalized spacial score (nSPS) is 44.3. The minimum atomic E-state index is 0.522. The highest BCUT2D eigenvalue weighted by Crippen LogP contribution is 2.38. The van der Waals surface area contributed by atoms with E-state index < -0.39 is 0 Å². The average molecular weight is 138 g/mol. The topological polar surface area (TPSA) is 9.23 Å². The highest BCUT2D eigenvalue weighted by Gasteiger charge is 2.34. The fraction of sp³-hybridized carbons (Fsp3) is 0.778. The van der Waals surface area contributed by atoms with Gasteiger partial charge in [0.05, 0.1) is 6.10 Å². The van der Waals surface area contributed by atoms with E-state index in [1.165, 1.54) is 19.3 Å². The Morgan fingerprint density at radius 3 is 2.20 bits per heavy atom. The van der Waals surface area contributed by atoms with Crippen LogP contribution in [-0.4, -0.2) is 13.2 Å². The third-order valence-corrected chi connectivity index (χ3v) is 2.80. The minimum Gasteiger partial charge on any atom is -0.380 e. The maximum atomic E-state index is 5.42. The molecule has 1 saturated carbocycles. The molecule has 0 amide bonds. The van der Waals surface area contributed by atoms with Gasteiger partial charge in [-0.2, -0.15) is 0 Å². The van der Waals surface area contributed by atoms with Gasteiger partial charge >= 0.3 is 0 Å². The molecule has 0 saturated heterocycles. The van der Waals surface area contributed by atoms with Crippen molar-refractivity contribution in [3.8, 4) is 0 Å². The molecule has 2 aliphatic carbocycles. The molecule has 2 unspecified atom stereocenters. The Labute approximate surface area is 62.1 Å². The van der Waals surface area contributed by atoms with Gasteiger partial charge in [-0.25, -0.2) is 0 Å². The number of fused-ring (bicyclic) bond motifs is 2. The van der Waals surface area contributed by atoms with Gasteiger partial charge < -0.3 is 4.74 Å². The van der Waals surface area contributed by atoms with Crippen LogP contribution in [0.1, 0.15) is 19.3 Å². The van der Waals surface area contributed by atoms with Crippen molar-refractivity contribution < 1.29 is 4.74 Å². The van der Waals surface area contributed by atoms with Crippen LogP contribution in [0, 0.1) is 11.8 Å². The summed E-state index contributed by atoms with van der Waals surface area (Å²) in [6.45, 7) is 0. The quantitative estimate of drug-likeness (QED) is 0.503. The van der Waals surface area contributed by atoms with E-state index in [4.69, 9.17) is 4.74 Å². The summed E-state index contributed by atoms with van der Waals surface area (Å²) >= 11 is 0. The molecular formula is C9H14O. The van der Waals surface area contributed by atoms with Gasteiger partial charge in [-0.05, 0) is 12.8 Å². The third-order valence-electron chi connectivity index (χ3n) is 2.80. The van der Waals surface area contributed by atoms with Gasteiger partial charge in [0.1, 0.15) is 0 Å². The van der Waals surface area contributed by atoms with Gasteiger partial charge in [-0.1, -0.05) is 18.6 Å². The summed E-state index contributed by atoms with van der Waals surface area (Å²) in [5, 5.41) is 0. The molecule has 2 rings (SSSR count). The highest BCUT2D eigenvalue weighted by atomic mass is 16.5. The second-order valence-electron chi connectivity index (χ2n) is 3.34. The van der Waals surface area contributed by atoms with E-state index in [1.807, 2.05) is 7.11 Å². The van der Waals surface area contributed by atoms with Crippen LogP contribution in [0.2, 0.25) is 0 Å². The van der Waals surface area contributed by atoms with Gasteiger partial charge in [0.25, 0.3) is 0 Å². The predicted octanol–water partition coefficient (Wildman–Crippen LogP) is 1.99. The van der Waals surface area contributed by atoms with Gasteiger partial charge in [0.2, 0.25) is 0 Å². The van der Waals surface area contributed by atoms with Crippen molar-refractivity contribution in [3.63, 3.8) is 0 Å². The molecular weight excluding hydrogens is 124 g/mol. The molecule has 0 aromatic carbocycles. The summed E-state index contributed by atoms with van der Waals surface area (Å²) in [5.41, 5.74) is 0. The molecule has 0 heterocycles. The summed E-state index contributed by atoms with van der Waals surface area (Å²) in [4.78, 5) is 0. The molecule has 1 nitrogen and oxygen atoms in total. The first-order chi connectivity index (χ1) is 4.92. The highest BCUT2D eigenvalue weighted by molar-refractivity contribution is 5.10. The van der Waals surface area contributed by atoms with Crippen molar-refractivity contribution in [1.29, 1.82) is 0 Å². The van der Waals surface area contributed by atoms with E-state index >= 15 is 0 Å². The summed E-state index contributed by atoms with van der Waals surface area (Å²) in [7, 11) is 1.84. The lowest BCUT2D eigenvalue weighted by Gasteiger charge is -2.28. The second kappa shape index (κ2) is 2.39. The van der Waals surface area contributed by atoms with E-state index in [-0.39, 0.29) is 0 Å². The van der Waals surface area contributed by atoms with Crippen LogP contribution in [0.15, 0.2) is 12.2 Å². The zero-order valence-corrected chi connectivity index (χ0v) is 6.42. The zero-order valence-electron chi connectivity index (χ0n) is 6.42. The molecule has 56 valence electrons. The molecule has 1 heteroatoms. The Morgan fingerprint density at radius 1 is 1.20 bits per heavy atom. The molecule has 2 atom stereocenters. The van der Waals surface area contributed by atoms with Gasteiger partial charge in [-0.3, -0.25) is 0 Å². The summed E-state index contributed by atoms with van der Waals surface area (Å²) in [6, 6.07) is 0. The second-order valence-corrected chi connectivity index (χ2v) is 3.34. The van der Waals surface area contributed by atoms with E-state index in [0.717, 1.165) is 11.8 Å². The first-order valence-electron chi connectivity index (χ1n) is 4.13. The maximum absolute atomic E-state index is 5.42. The third kappa shape index (κ3) is 0.807.